The molecule has 25 heavy (non-hydrogen) atoms. The SMILES string of the molecule is C[C@@H]([NH2+]CC(=O)N1CCN(c2ccccc2)CC1)c1ccccc1Cl. The van der Waals surface area contributed by atoms with E-state index in [9.17, 15) is 4.79 Å². The number of piperazine rings is 1. The maximum absolute atomic E-state index is 12.5. The van der Waals surface area contributed by atoms with E-state index in [-0.39, 0.29) is 11.9 Å². The number of nitrogens with two attached hydrogens (primary N) is 1. The number of carbonyl (C=O) groups excluding carboxylic acids is 1. The Balaban J connectivity index is 1.47. The molecule has 0 aliphatic carbocycles. The molecule has 1 aliphatic rings. The van der Waals surface area contributed by atoms with Gasteiger partial charge in [-0.2, -0.15) is 0 Å². The summed E-state index contributed by atoms with van der Waals surface area (Å²) in [6, 6.07) is 18.4. The van der Waals surface area contributed by atoms with Gasteiger partial charge in [-0.25, -0.2) is 0 Å². The second-order valence-corrected chi connectivity index (χ2v) is 6.86. The number of nitrogens with zero attached hydrogens (tertiary/aromatic N) is 2. The topological polar surface area (TPSA) is 40.2 Å². The van der Waals surface area contributed by atoms with Gasteiger partial charge in [-0.3, -0.25) is 4.79 Å². The average Bonchev–Trinajstić information content (AvgIpc) is 2.67. The molecule has 2 aromatic carbocycles. The van der Waals surface area contributed by atoms with Crippen molar-refractivity contribution in [2.45, 2.75) is 13.0 Å². The lowest BCUT2D eigenvalue weighted by Gasteiger charge is -2.35. The maximum atomic E-state index is 12.5. The van der Waals surface area contributed by atoms with Crippen LogP contribution in [0, 0.1) is 0 Å². The fraction of sp³-hybridized carbons (Fsp3) is 0.350. The highest BCUT2D eigenvalue weighted by Crippen LogP contribution is 2.19. The Bertz CT molecular complexity index is 699. The van der Waals surface area contributed by atoms with E-state index in [1.165, 1.54) is 5.69 Å². The van der Waals surface area contributed by atoms with Crippen LogP contribution in [0.15, 0.2) is 54.6 Å². The monoisotopic (exact) mass is 358 g/mol. The Hall–Kier alpha value is -2.04. The first-order chi connectivity index (χ1) is 12.1. The highest BCUT2D eigenvalue weighted by Gasteiger charge is 2.23. The number of anilines is 1. The minimum Gasteiger partial charge on any atom is -0.368 e. The quantitative estimate of drug-likeness (QED) is 0.891. The van der Waals surface area contributed by atoms with E-state index in [1.54, 1.807) is 0 Å². The van der Waals surface area contributed by atoms with Crippen LogP contribution in [-0.4, -0.2) is 43.5 Å². The van der Waals surface area contributed by atoms with Crippen LogP contribution >= 0.6 is 11.6 Å². The van der Waals surface area contributed by atoms with Crippen LogP contribution in [0.4, 0.5) is 5.69 Å². The Morgan fingerprint density at radius 1 is 1.04 bits per heavy atom. The van der Waals surface area contributed by atoms with Gasteiger partial charge in [0.2, 0.25) is 0 Å². The van der Waals surface area contributed by atoms with Crippen molar-refractivity contribution in [3.05, 3.63) is 65.2 Å². The minimum atomic E-state index is 0.170. The standard InChI is InChI=1S/C20H24ClN3O/c1-16(18-9-5-6-10-19(18)21)22-15-20(25)24-13-11-23(12-14-24)17-7-3-2-4-8-17/h2-10,16,22H,11-15H2,1H3/p+1/t16-/m1/s1. The predicted molar refractivity (Wildman–Crippen MR) is 102 cm³/mol. The fourth-order valence-corrected chi connectivity index (χ4v) is 3.54. The number of rotatable bonds is 5. The predicted octanol–water partition coefficient (Wildman–Crippen LogP) is 2.31. The molecule has 1 heterocycles. The van der Waals surface area contributed by atoms with Gasteiger partial charge in [0.05, 0.1) is 0 Å². The molecule has 2 aromatic rings. The molecule has 0 spiro atoms. The molecule has 1 aliphatic heterocycles. The van der Waals surface area contributed by atoms with E-state index in [4.69, 9.17) is 11.6 Å². The number of amides is 1. The van der Waals surface area contributed by atoms with E-state index >= 15 is 0 Å². The number of hydrogen-bond acceptors (Lipinski definition) is 2. The van der Waals surface area contributed by atoms with Crippen LogP contribution in [0.1, 0.15) is 18.5 Å². The lowest BCUT2D eigenvalue weighted by molar-refractivity contribution is -0.683. The average molecular weight is 359 g/mol. The van der Waals surface area contributed by atoms with Crippen LogP contribution in [-0.2, 0) is 4.79 Å². The molecule has 0 unspecified atom stereocenters. The van der Waals surface area contributed by atoms with E-state index in [0.717, 1.165) is 36.8 Å². The molecular formula is C20H25ClN3O+. The molecule has 0 radical (unpaired) electrons. The molecule has 1 fully saturated rings. The van der Waals surface area contributed by atoms with Crippen molar-refractivity contribution in [3.63, 3.8) is 0 Å². The summed E-state index contributed by atoms with van der Waals surface area (Å²) in [6.45, 7) is 5.87. The zero-order valence-electron chi connectivity index (χ0n) is 14.6. The number of para-hydroxylation sites is 1. The van der Waals surface area contributed by atoms with Gasteiger partial charge in [0.25, 0.3) is 5.91 Å². The third-order valence-electron chi connectivity index (χ3n) is 4.80. The molecule has 5 heteroatoms. The van der Waals surface area contributed by atoms with Crippen LogP contribution in [0.25, 0.3) is 0 Å². The summed E-state index contributed by atoms with van der Waals surface area (Å²) in [7, 11) is 0. The van der Waals surface area contributed by atoms with Gasteiger partial charge in [-0.05, 0) is 25.1 Å². The van der Waals surface area contributed by atoms with Gasteiger partial charge in [0.15, 0.2) is 6.54 Å². The molecule has 3 rings (SSSR count). The highest BCUT2D eigenvalue weighted by molar-refractivity contribution is 6.31. The summed E-state index contributed by atoms with van der Waals surface area (Å²) in [6.07, 6.45) is 0. The lowest BCUT2D eigenvalue weighted by Crippen LogP contribution is -2.87. The van der Waals surface area contributed by atoms with Crippen molar-refractivity contribution < 1.29 is 10.1 Å². The smallest absolute Gasteiger partial charge is 0.277 e. The highest BCUT2D eigenvalue weighted by atomic mass is 35.5. The van der Waals surface area contributed by atoms with E-state index in [0.29, 0.717) is 6.54 Å². The fourth-order valence-electron chi connectivity index (χ4n) is 3.23. The van der Waals surface area contributed by atoms with E-state index in [2.05, 4.69) is 41.4 Å². The van der Waals surface area contributed by atoms with Crippen LogP contribution in [0.2, 0.25) is 5.02 Å². The molecule has 1 saturated heterocycles. The summed E-state index contributed by atoms with van der Waals surface area (Å²) < 4.78 is 0. The molecular weight excluding hydrogens is 334 g/mol. The van der Waals surface area contributed by atoms with Crippen molar-refractivity contribution in [3.8, 4) is 0 Å². The lowest BCUT2D eigenvalue weighted by atomic mass is 10.1. The van der Waals surface area contributed by atoms with Gasteiger partial charge in [-0.1, -0.05) is 48.0 Å². The Labute approximate surface area is 154 Å². The van der Waals surface area contributed by atoms with Crippen molar-refractivity contribution in [1.29, 1.82) is 0 Å². The molecule has 0 aromatic heterocycles. The summed E-state index contributed by atoms with van der Waals surface area (Å²) in [4.78, 5) is 16.8. The number of carbonyl (C=O) groups is 1. The Morgan fingerprint density at radius 2 is 1.68 bits per heavy atom. The maximum Gasteiger partial charge on any atom is 0.277 e. The zero-order valence-corrected chi connectivity index (χ0v) is 15.3. The second kappa shape index (κ2) is 8.37. The summed E-state index contributed by atoms with van der Waals surface area (Å²) in [5, 5.41) is 2.82. The van der Waals surface area contributed by atoms with E-state index < -0.39 is 0 Å². The number of quaternary nitrogens is 1. The zero-order chi connectivity index (χ0) is 17.6. The molecule has 2 N–H and O–H groups in total. The van der Waals surface area contributed by atoms with Crippen LogP contribution in [0.3, 0.4) is 0 Å². The number of halogens is 1. The van der Waals surface area contributed by atoms with Gasteiger partial charge < -0.3 is 15.1 Å². The molecule has 0 bridgehead atoms. The van der Waals surface area contributed by atoms with Crippen molar-refractivity contribution in [2.75, 3.05) is 37.6 Å². The van der Waals surface area contributed by atoms with Crippen LogP contribution < -0.4 is 10.2 Å². The van der Waals surface area contributed by atoms with Gasteiger partial charge in [0, 0.05) is 42.5 Å². The van der Waals surface area contributed by atoms with Crippen molar-refractivity contribution >= 4 is 23.2 Å². The first-order valence-corrected chi connectivity index (χ1v) is 9.18. The summed E-state index contributed by atoms with van der Waals surface area (Å²) >= 11 is 6.24. The number of hydrogen-bond donors (Lipinski definition) is 1. The van der Waals surface area contributed by atoms with Gasteiger partial charge in [-0.15, -0.1) is 0 Å². The van der Waals surface area contributed by atoms with Gasteiger partial charge in [0.1, 0.15) is 6.04 Å². The van der Waals surface area contributed by atoms with Crippen molar-refractivity contribution in [2.24, 2.45) is 0 Å². The first kappa shape index (κ1) is 17.8. The molecule has 1 atom stereocenters. The number of benzene rings is 2. The van der Waals surface area contributed by atoms with E-state index in [1.807, 2.05) is 35.2 Å². The Morgan fingerprint density at radius 3 is 2.36 bits per heavy atom. The second-order valence-electron chi connectivity index (χ2n) is 6.45. The summed E-state index contributed by atoms with van der Waals surface area (Å²) in [5.74, 6) is 0.201. The van der Waals surface area contributed by atoms with Crippen LogP contribution in [0.5, 0.6) is 0 Å². The molecule has 4 nitrogen and oxygen atoms in total. The molecule has 132 valence electrons. The molecule has 1 amide bonds. The largest absolute Gasteiger partial charge is 0.368 e. The first-order valence-electron chi connectivity index (χ1n) is 8.80. The summed E-state index contributed by atoms with van der Waals surface area (Å²) in [5.41, 5.74) is 2.30. The minimum absolute atomic E-state index is 0.170. The third kappa shape index (κ3) is 4.53. The molecule has 0 saturated carbocycles. The normalized spacial score (nSPS) is 15.9. The Kier molecular flexibility index (Phi) is 5.95. The third-order valence-corrected chi connectivity index (χ3v) is 5.14. The van der Waals surface area contributed by atoms with Gasteiger partial charge >= 0.3 is 0 Å². The van der Waals surface area contributed by atoms with Crippen molar-refractivity contribution in [1.82, 2.24) is 4.90 Å².